The molecule has 2 atom stereocenters. The van der Waals surface area contributed by atoms with Gasteiger partial charge in [-0.2, -0.15) is 0 Å². The van der Waals surface area contributed by atoms with E-state index in [4.69, 9.17) is 9.84 Å². The van der Waals surface area contributed by atoms with E-state index in [2.05, 4.69) is 42.0 Å². The zero-order valence-electron chi connectivity index (χ0n) is 19.7. The summed E-state index contributed by atoms with van der Waals surface area (Å²) in [5, 5.41) is 20.9. The molecule has 1 amide bonds. The monoisotopic (exact) mass is 445 g/mol. The maximum absolute atomic E-state index is 12.2. The molecule has 1 unspecified atom stereocenters. The molecule has 7 nitrogen and oxygen atoms in total. The molecule has 0 spiro atoms. The molecular formula is C25H39N3O4. The predicted octanol–water partition coefficient (Wildman–Crippen LogP) is 2.62. The van der Waals surface area contributed by atoms with Crippen LogP contribution in [0.3, 0.4) is 0 Å². The van der Waals surface area contributed by atoms with Gasteiger partial charge in [-0.05, 0) is 89.1 Å². The van der Waals surface area contributed by atoms with Crippen LogP contribution in [0.2, 0.25) is 0 Å². The Bertz CT molecular complexity index is 764. The van der Waals surface area contributed by atoms with Gasteiger partial charge in [-0.25, -0.2) is 4.98 Å². The van der Waals surface area contributed by atoms with Crippen LogP contribution in [0.4, 0.5) is 0 Å². The number of pyridine rings is 1. The topological polar surface area (TPSA) is 94.9 Å². The minimum Gasteiger partial charge on any atom is -0.477 e. The zero-order valence-corrected chi connectivity index (χ0v) is 19.7. The van der Waals surface area contributed by atoms with Gasteiger partial charge in [0.15, 0.2) is 0 Å². The second-order valence-corrected chi connectivity index (χ2v) is 10.1. The van der Waals surface area contributed by atoms with Crippen molar-refractivity contribution in [3.05, 3.63) is 30.0 Å². The number of likely N-dealkylation sites (tertiary alicyclic amines) is 1. The molecule has 178 valence electrons. The van der Waals surface area contributed by atoms with Gasteiger partial charge < -0.3 is 20.3 Å². The average molecular weight is 446 g/mol. The Morgan fingerprint density at radius 3 is 2.59 bits per heavy atom. The van der Waals surface area contributed by atoms with Gasteiger partial charge >= 0.3 is 0 Å². The number of aliphatic hydroxyl groups is 2. The molecule has 7 heteroatoms. The van der Waals surface area contributed by atoms with Crippen molar-refractivity contribution in [3.8, 4) is 5.88 Å². The lowest BCUT2D eigenvalue weighted by atomic mass is 9.86. The molecule has 1 fully saturated rings. The quantitative estimate of drug-likeness (QED) is 0.569. The minimum atomic E-state index is -0.906. The van der Waals surface area contributed by atoms with Crippen LogP contribution < -0.4 is 10.1 Å². The standard InChI is InChI=1S/C25H39N3O4/c1-25(2,3)28-12-10-18(11-13-28)17-32-23-9-8-21(14-26-23)19-4-6-20(7-5-19)24(31)27-15-22(30)16-29/h4,8-9,14,18,20,22,29-30H,5-7,10-13,15-17H2,1-3H3,(H,27,31)/t20?,22-/m1/s1. The van der Waals surface area contributed by atoms with E-state index in [9.17, 15) is 9.90 Å². The van der Waals surface area contributed by atoms with Crippen molar-refractivity contribution in [1.29, 1.82) is 0 Å². The largest absolute Gasteiger partial charge is 0.477 e. The first kappa shape index (κ1) is 24.7. The van der Waals surface area contributed by atoms with Gasteiger partial charge in [-0.3, -0.25) is 9.69 Å². The SMILES string of the molecule is CC(C)(C)N1CCC(COc2ccc(C3=CCC(C(=O)NC[C@@H](O)CO)CC3)cn2)CC1. The molecule has 0 aromatic carbocycles. The average Bonchev–Trinajstić information content (AvgIpc) is 2.81. The van der Waals surface area contributed by atoms with Crippen LogP contribution >= 0.6 is 0 Å². The van der Waals surface area contributed by atoms with E-state index < -0.39 is 6.10 Å². The van der Waals surface area contributed by atoms with E-state index in [1.807, 2.05) is 18.3 Å². The number of allylic oxidation sites excluding steroid dienone is 2. The first-order valence-corrected chi connectivity index (χ1v) is 11.9. The summed E-state index contributed by atoms with van der Waals surface area (Å²) in [6.07, 6.45) is 7.64. The van der Waals surface area contributed by atoms with Crippen LogP contribution in [0.15, 0.2) is 24.4 Å². The third kappa shape index (κ3) is 7.02. The van der Waals surface area contributed by atoms with Crippen molar-refractivity contribution in [1.82, 2.24) is 15.2 Å². The first-order chi connectivity index (χ1) is 15.3. The van der Waals surface area contributed by atoms with Crippen LogP contribution in [0.5, 0.6) is 5.88 Å². The maximum Gasteiger partial charge on any atom is 0.223 e. The summed E-state index contributed by atoms with van der Waals surface area (Å²) in [5.74, 6) is 1.09. The van der Waals surface area contributed by atoms with E-state index in [1.165, 1.54) is 5.57 Å². The molecule has 0 saturated carbocycles. The minimum absolute atomic E-state index is 0.0667. The molecule has 3 rings (SSSR count). The van der Waals surface area contributed by atoms with Crippen molar-refractivity contribution in [2.45, 2.75) is 64.5 Å². The predicted molar refractivity (Wildman–Crippen MR) is 125 cm³/mol. The highest BCUT2D eigenvalue weighted by Crippen LogP contribution is 2.31. The van der Waals surface area contributed by atoms with Crippen molar-refractivity contribution >= 4 is 11.5 Å². The highest BCUT2D eigenvalue weighted by molar-refractivity contribution is 5.80. The molecular weight excluding hydrogens is 406 g/mol. The fraction of sp³-hybridized carbons (Fsp3) is 0.680. The van der Waals surface area contributed by atoms with Crippen molar-refractivity contribution in [2.24, 2.45) is 11.8 Å². The number of nitrogens with zero attached hydrogens (tertiary/aromatic N) is 2. The number of hydrogen-bond acceptors (Lipinski definition) is 6. The van der Waals surface area contributed by atoms with Crippen molar-refractivity contribution in [2.75, 3.05) is 32.8 Å². The summed E-state index contributed by atoms with van der Waals surface area (Å²) in [6, 6.07) is 3.99. The van der Waals surface area contributed by atoms with Gasteiger partial charge in [0.2, 0.25) is 11.8 Å². The Morgan fingerprint density at radius 1 is 1.28 bits per heavy atom. The van der Waals surface area contributed by atoms with Gasteiger partial charge in [0, 0.05) is 30.3 Å². The molecule has 1 aliphatic heterocycles. The number of hydrogen-bond donors (Lipinski definition) is 3. The highest BCUT2D eigenvalue weighted by Gasteiger charge is 2.27. The second kappa shape index (κ2) is 11.3. The van der Waals surface area contributed by atoms with Gasteiger partial charge in [0.25, 0.3) is 0 Å². The molecule has 1 aromatic rings. The number of carbonyl (C=O) groups is 1. The summed E-state index contributed by atoms with van der Waals surface area (Å²) < 4.78 is 5.97. The molecule has 2 aliphatic rings. The smallest absolute Gasteiger partial charge is 0.223 e. The summed E-state index contributed by atoms with van der Waals surface area (Å²) in [6.45, 7) is 9.53. The fourth-order valence-electron chi connectivity index (χ4n) is 4.39. The van der Waals surface area contributed by atoms with Gasteiger partial charge in [-0.15, -0.1) is 0 Å². The second-order valence-electron chi connectivity index (χ2n) is 10.1. The number of ether oxygens (including phenoxy) is 1. The number of aromatic nitrogens is 1. The van der Waals surface area contributed by atoms with E-state index >= 15 is 0 Å². The Hall–Kier alpha value is -1.96. The van der Waals surface area contributed by atoms with Crippen LogP contribution in [-0.2, 0) is 4.79 Å². The van der Waals surface area contributed by atoms with Crippen molar-refractivity contribution in [3.63, 3.8) is 0 Å². The number of rotatable bonds is 8. The summed E-state index contributed by atoms with van der Waals surface area (Å²) >= 11 is 0. The lowest BCUT2D eigenvalue weighted by Crippen LogP contribution is -2.46. The Balaban J connectivity index is 1.43. The molecule has 1 aromatic heterocycles. The summed E-state index contributed by atoms with van der Waals surface area (Å²) in [4.78, 5) is 19.3. The summed E-state index contributed by atoms with van der Waals surface area (Å²) in [5.41, 5.74) is 2.52. The van der Waals surface area contributed by atoms with Crippen molar-refractivity contribution < 1.29 is 19.7 Å². The third-order valence-electron chi connectivity index (χ3n) is 6.64. The van der Waals surface area contributed by atoms with E-state index in [0.29, 0.717) is 18.2 Å². The molecule has 1 aliphatic carbocycles. The van der Waals surface area contributed by atoms with E-state index in [-0.39, 0.29) is 30.5 Å². The summed E-state index contributed by atoms with van der Waals surface area (Å²) in [7, 11) is 0. The number of aliphatic hydroxyl groups excluding tert-OH is 2. The Morgan fingerprint density at radius 2 is 2.03 bits per heavy atom. The first-order valence-electron chi connectivity index (χ1n) is 11.9. The van der Waals surface area contributed by atoms with Gasteiger partial charge in [-0.1, -0.05) is 6.08 Å². The molecule has 1 saturated heterocycles. The van der Waals surface area contributed by atoms with Gasteiger partial charge in [0.05, 0.1) is 19.3 Å². The van der Waals surface area contributed by atoms with Crippen LogP contribution in [0.25, 0.3) is 5.57 Å². The number of amides is 1. The molecule has 0 bridgehead atoms. The van der Waals surface area contributed by atoms with E-state index in [1.54, 1.807) is 0 Å². The molecule has 3 N–H and O–H groups in total. The normalized spacial score (nSPS) is 21.7. The molecule has 2 heterocycles. The molecule has 32 heavy (non-hydrogen) atoms. The van der Waals surface area contributed by atoms with Crippen LogP contribution in [0.1, 0.15) is 58.4 Å². The van der Waals surface area contributed by atoms with Crippen LogP contribution in [-0.4, -0.2) is 70.5 Å². The fourth-order valence-corrected chi connectivity index (χ4v) is 4.39. The van der Waals surface area contributed by atoms with Crippen LogP contribution in [0, 0.1) is 11.8 Å². The van der Waals surface area contributed by atoms with E-state index in [0.717, 1.165) is 50.9 Å². The number of carbonyl (C=O) groups excluding carboxylic acids is 1. The number of piperidine rings is 1. The molecule has 0 radical (unpaired) electrons. The highest BCUT2D eigenvalue weighted by atomic mass is 16.5. The zero-order chi connectivity index (χ0) is 23.1. The Kier molecular flexibility index (Phi) is 8.68. The lowest BCUT2D eigenvalue weighted by molar-refractivity contribution is -0.125. The third-order valence-corrected chi connectivity index (χ3v) is 6.64. The van der Waals surface area contributed by atoms with Gasteiger partial charge in [0.1, 0.15) is 0 Å². The maximum atomic E-state index is 12.2. The Labute approximate surface area is 191 Å². The number of nitrogens with one attached hydrogen (secondary N) is 1. The lowest BCUT2D eigenvalue weighted by Gasteiger charge is -2.40.